The van der Waals surface area contributed by atoms with Crippen LogP contribution in [0.5, 0.6) is 0 Å². The molecule has 4 heteroatoms. The predicted octanol–water partition coefficient (Wildman–Crippen LogP) is 2.04. The molecular weight excluding hydrogens is 430 g/mol. The van der Waals surface area contributed by atoms with Gasteiger partial charge in [-0.15, -0.1) is 0 Å². The fourth-order valence-electron chi connectivity index (χ4n) is 5.33. The topological polar surface area (TPSA) is 18.5 Å². The molecule has 2 aliphatic heterocycles. The third kappa shape index (κ3) is 8.56. The van der Waals surface area contributed by atoms with Crippen LogP contribution in [0.1, 0.15) is 93.9 Å². The van der Waals surface area contributed by atoms with Crippen LogP contribution < -0.4 is 37.7 Å². The molecule has 5 fully saturated rings. The van der Waals surface area contributed by atoms with Crippen molar-refractivity contribution in [3.63, 3.8) is 0 Å². The molecule has 0 aromatic rings. The summed E-state index contributed by atoms with van der Waals surface area (Å²) in [5.41, 5.74) is 0.961. The molecule has 190 valence electrons. The van der Waals surface area contributed by atoms with Crippen molar-refractivity contribution in [2.75, 3.05) is 26.4 Å². The second-order valence-electron chi connectivity index (χ2n) is 13.1. The van der Waals surface area contributed by atoms with Crippen LogP contribution in [0, 0.1) is 83.9 Å². The Hall–Kier alpha value is 1.11. The van der Waals surface area contributed by atoms with Gasteiger partial charge in [0.2, 0.25) is 0 Å². The van der Waals surface area contributed by atoms with Gasteiger partial charge in [-0.05, 0) is 122 Å². The average Bonchev–Trinajstić information content (AvgIpc) is 3.60. The van der Waals surface area contributed by atoms with Crippen molar-refractivity contribution < 1.29 is 47.2 Å². The van der Waals surface area contributed by atoms with Crippen LogP contribution in [0.4, 0.5) is 0 Å². The molecule has 0 aromatic heterocycles. The molecule has 0 N–H and O–H groups in total. The summed E-state index contributed by atoms with van der Waals surface area (Å²) in [7, 11) is 0. The summed E-state index contributed by atoms with van der Waals surface area (Å²) >= 11 is 0. The minimum absolute atomic E-state index is 0. The first-order chi connectivity index (χ1) is 15.9. The third-order valence-electron chi connectivity index (χ3n) is 8.51. The quantitative estimate of drug-likeness (QED) is 0.564. The van der Waals surface area contributed by atoms with Gasteiger partial charge in [0.1, 0.15) is 0 Å². The molecule has 10 radical (unpaired) electrons. The van der Waals surface area contributed by atoms with Crippen LogP contribution >= 0.6 is 0 Å². The third-order valence-corrected chi connectivity index (χ3v) is 8.51. The summed E-state index contributed by atoms with van der Waals surface area (Å²) in [6, 6.07) is 0. The summed E-state index contributed by atoms with van der Waals surface area (Å²) in [6.45, 7) is 22.8. The van der Waals surface area contributed by atoms with E-state index in [2.05, 4.69) is 93.9 Å². The second-order valence-corrected chi connectivity index (χ2v) is 13.1. The van der Waals surface area contributed by atoms with Crippen molar-refractivity contribution in [2.24, 2.45) is 21.7 Å². The number of rotatable bonds is 2. The van der Waals surface area contributed by atoms with Gasteiger partial charge in [-0.3, -0.25) is 0 Å². The zero-order valence-corrected chi connectivity index (χ0v) is 25.4. The van der Waals surface area contributed by atoms with Gasteiger partial charge in [0.05, 0.1) is 0 Å². The molecule has 0 aromatic carbocycles. The SMILES string of the molecule is C1CCOC1.C1CCOC1.CC(C)(C)[C]1[CH][CH][C]([C@]2(C)CC[C@]2(C)[C]2[CH][CH][C](C(C)(C)C)[CH]2)[CH]1.[Li+].[Li+]. The first-order valence-corrected chi connectivity index (χ1v) is 13.6. The summed E-state index contributed by atoms with van der Waals surface area (Å²) < 4.78 is 9.89. The average molecular weight is 481 g/mol. The molecule has 2 nitrogen and oxygen atoms in total. The molecular formula is C32H50Li2O2+2. The minimum atomic E-state index is 0. The summed E-state index contributed by atoms with van der Waals surface area (Å²) in [4.78, 5) is 0. The molecule has 0 unspecified atom stereocenters. The van der Waals surface area contributed by atoms with Crippen LogP contribution in [0.2, 0.25) is 0 Å². The monoisotopic (exact) mass is 480 g/mol. The van der Waals surface area contributed by atoms with E-state index in [1.54, 1.807) is 0 Å². The molecule has 5 rings (SSSR count). The Balaban J connectivity index is 0.000000448. The van der Waals surface area contributed by atoms with Gasteiger partial charge in [0.15, 0.2) is 0 Å². The molecule has 36 heavy (non-hydrogen) atoms. The zero-order valence-electron chi connectivity index (χ0n) is 25.4. The maximum Gasteiger partial charge on any atom is 1.00 e. The Morgan fingerprint density at radius 3 is 1.03 bits per heavy atom. The van der Waals surface area contributed by atoms with Gasteiger partial charge in [0, 0.05) is 26.4 Å². The van der Waals surface area contributed by atoms with Gasteiger partial charge in [0.25, 0.3) is 0 Å². The van der Waals surface area contributed by atoms with E-state index in [1.165, 1.54) is 62.2 Å². The molecule has 3 saturated carbocycles. The van der Waals surface area contributed by atoms with Crippen LogP contribution in [0.15, 0.2) is 0 Å². The van der Waals surface area contributed by atoms with Crippen molar-refractivity contribution >= 4 is 0 Å². The van der Waals surface area contributed by atoms with Crippen LogP contribution in [-0.4, -0.2) is 26.4 Å². The van der Waals surface area contributed by atoms with Gasteiger partial charge in [-0.1, -0.05) is 55.4 Å². The smallest absolute Gasteiger partial charge is 0.381 e. The summed E-state index contributed by atoms with van der Waals surface area (Å²) in [5.74, 6) is 5.98. The van der Waals surface area contributed by atoms with Gasteiger partial charge in [-0.25, -0.2) is 0 Å². The van der Waals surface area contributed by atoms with Gasteiger partial charge < -0.3 is 9.47 Å². The molecule has 0 amide bonds. The Morgan fingerprint density at radius 1 is 0.556 bits per heavy atom. The van der Waals surface area contributed by atoms with E-state index >= 15 is 0 Å². The Morgan fingerprint density at radius 2 is 0.861 bits per heavy atom. The standard InChI is InChI=1S/C24H34.2C4H8O.2Li/c1-21(2,3)17-9-11-19(15-17)23(7)13-14-24(23,8)20-12-10-18(16-20)22(4,5)6;2*1-2-4-5-3-1;;/h9-12,15-16H,13-14H2,1-8H3;2*1-4H2;;/q;;;2*+1/t23-,24+;;;;. The normalized spacial score (nSPS) is 32.0. The molecule has 5 aliphatic rings. The number of hydrogen-bond donors (Lipinski definition) is 0. The maximum absolute atomic E-state index is 4.94. The minimum Gasteiger partial charge on any atom is -0.381 e. The van der Waals surface area contributed by atoms with E-state index in [4.69, 9.17) is 9.47 Å². The largest absolute Gasteiger partial charge is 1.00 e. The Labute approximate surface area is 250 Å². The fourth-order valence-corrected chi connectivity index (χ4v) is 5.33. The Bertz CT molecular complexity index is 547. The maximum atomic E-state index is 4.94. The first-order valence-electron chi connectivity index (χ1n) is 13.6. The second kappa shape index (κ2) is 14.7. The predicted molar refractivity (Wildman–Crippen MR) is 143 cm³/mol. The van der Waals surface area contributed by atoms with E-state index in [1.807, 2.05) is 0 Å². The van der Waals surface area contributed by atoms with E-state index in [9.17, 15) is 0 Å². The van der Waals surface area contributed by atoms with E-state index in [-0.39, 0.29) is 59.4 Å². The molecule has 2 heterocycles. The van der Waals surface area contributed by atoms with Crippen LogP contribution in [0.3, 0.4) is 0 Å². The molecule has 3 aliphatic carbocycles. The number of hydrogen-bond acceptors (Lipinski definition) is 2. The van der Waals surface area contributed by atoms with Gasteiger partial charge >= 0.3 is 37.7 Å². The van der Waals surface area contributed by atoms with Crippen molar-refractivity contribution in [2.45, 2.75) is 93.9 Å². The van der Waals surface area contributed by atoms with E-state index in [0.29, 0.717) is 0 Å². The molecule has 2 saturated heterocycles. The van der Waals surface area contributed by atoms with Crippen molar-refractivity contribution in [1.29, 1.82) is 0 Å². The Kier molecular flexibility index (Phi) is 14.3. The van der Waals surface area contributed by atoms with Crippen LogP contribution in [-0.2, 0) is 9.47 Å². The molecule has 0 spiro atoms. The van der Waals surface area contributed by atoms with E-state index < -0.39 is 0 Å². The summed E-state index contributed by atoms with van der Waals surface area (Å²) in [6.07, 6.45) is 22.0. The zero-order chi connectivity index (χ0) is 25.0. The summed E-state index contributed by atoms with van der Waals surface area (Å²) in [5, 5.41) is 0. The van der Waals surface area contributed by atoms with Gasteiger partial charge in [-0.2, -0.15) is 0 Å². The first kappa shape index (κ1) is 35.1. The molecule has 0 bridgehead atoms. The van der Waals surface area contributed by atoms with E-state index in [0.717, 1.165) is 26.4 Å². The van der Waals surface area contributed by atoms with Crippen molar-refractivity contribution in [3.8, 4) is 0 Å². The van der Waals surface area contributed by atoms with Crippen molar-refractivity contribution in [1.82, 2.24) is 0 Å². The fraction of sp³-hybridized carbons (Fsp3) is 0.688. The van der Waals surface area contributed by atoms with Crippen molar-refractivity contribution in [3.05, 3.63) is 62.2 Å². The number of ether oxygens (including phenoxy) is 2. The van der Waals surface area contributed by atoms with Crippen LogP contribution in [0.25, 0.3) is 0 Å². The molecule has 2 atom stereocenters.